The molecule has 3 aromatic rings. The second-order valence-corrected chi connectivity index (χ2v) is 11.6. The van der Waals surface area contributed by atoms with Crippen molar-refractivity contribution in [2.75, 3.05) is 75.1 Å². The van der Waals surface area contributed by atoms with Crippen molar-refractivity contribution in [3.05, 3.63) is 78.5 Å². The number of carbonyl (C=O) groups is 2. The molecule has 230 valence electrons. The molecule has 3 aliphatic heterocycles. The van der Waals surface area contributed by atoms with Gasteiger partial charge in [-0.05, 0) is 43.7 Å². The number of fused-ring (bicyclic) bond motifs is 1. The summed E-state index contributed by atoms with van der Waals surface area (Å²) in [5.41, 5.74) is 3.89. The number of benzene rings is 2. The van der Waals surface area contributed by atoms with Crippen LogP contribution < -0.4 is 19.9 Å². The molecule has 2 fully saturated rings. The van der Waals surface area contributed by atoms with E-state index in [0.29, 0.717) is 50.1 Å². The number of nitrogens with zero attached hydrogens (tertiary/aromatic N) is 7. The second kappa shape index (κ2) is 12.9. The van der Waals surface area contributed by atoms with E-state index in [4.69, 9.17) is 9.72 Å². The molecule has 0 aliphatic carbocycles. The Bertz CT molecular complexity index is 1510. The molecule has 0 unspecified atom stereocenters. The molecule has 0 bridgehead atoms. The summed E-state index contributed by atoms with van der Waals surface area (Å²) in [4.78, 5) is 46.0. The molecule has 1 atom stereocenters. The summed E-state index contributed by atoms with van der Waals surface area (Å²) in [5.74, 6) is 1.52. The summed E-state index contributed by atoms with van der Waals surface area (Å²) in [6, 6.07) is 16.0. The summed E-state index contributed by atoms with van der Waals surface area (Å²) in [7, 11) is 3.80. The number of methoxy groups -OCH3 is 1. The van der Waals surface area contributed by atoms with Gasteiger partial charge in [0.2, 0.25) is 11.9 Å². The number of anilines is 4. The zero-order valence-corrected chi connectivity index (χ0v) is 25.5. The topological polar surface area (TPSA) is 97.4 Å². The first kappa shape index (κ1) is 29.4. The molecule has 0 saturated carbocycles. The van der Waals surface area contributed by atoms with Gasteiger partial charge in [-0.2, -0.15) is 4.98 Å². The average Bonchev–Trinajstić information content (AvgIpc) is 3.54. The van der Waals surface area contributed by atoms with Crippen LogP contribution in [0.4, 0.5) is 27.9 Å². The second-order valence-electron chi connectivity index (χ2n) is 11.6. The van der Waals surface area contributed by atoms with Crippen molar-refractivity contribution in [2.24, 2.45) is 0 Å². The molecule has 11 heteroatoms. The molecule has 6 rings (SSSR count). The molecule has 0 spiro atoms. The Balaban J connectivity index is 1.26. The normalized spacial score (nSPS) is 18.8. The summed E-state index contributed by atoms with van der Waals surface area (Å²) < 4.78 is 5.75. The van der Waals surface area contributed by atoms with E-state index >= 15 is 0 Å². The van der Waals surface area contributed by atoms with Crippen molar-refractivity contribution in [3.63, 3.8) is 0 Å². The molecule has 3 amide bonds. The Kier molecular flexibility index (Phi) is 8.65. The smallest absolute Gasteiger partial charge is 0.326 e. The lowest BCUT2D eigenvalue weighted by Gasteiger charge is -2.39. The molecular weight excluding hydrogens is 556 g/mol. The highest BCUT2D eigenvalue weighted by molar-refractivity contribution is 5.95. The third kappa shape index (κ3) is 6.19. The highest BCUT2D eigenvalue weighted by atomic mass is 16.5. The van der Waals surface area contributed by atoms with Crippen molar-refractivity contribution >= 4 is 35.1 Å². The molecule has 1 N–H and O–H groups in total. The first-order chi connectivity index (χ1) is 21.4. The molecule has 44 heavy (non-hydrogen) atoms. The lowest BCUT2D eigenvalue weighted by atomic mass is 10.1. The Labute approximate surface area is 258 Å². The number of aromatic nitrogens is 2. The van der Waals surface area contributed by atoms with E-state index in [-0.39, 0.29) is 18.0 Å². The predicted molar refractivity (Wildman–Crippen MR) is 172 cm³/mol. The van der Waals surface area contributed by atoms with Gasteiger partial charge in [0.15, 0.2) is 0 Å². The maximum absolute atomic E-state index is 14.0. The molecule has 11 nitrogen and oxygen atoms in total. The van der Waals surface area contributed by atoms with Crippen molar-refractivity contribution in [3.8, 4) is 5.75 Å². The summed E-state index contributed by atoms with van der Waals surface area (Å²) in [5, 5.41) is 3.33. The van der Waals surface area contributed by atoms with Gasteiger partial charge >= 0.3 is 6.03 Å². The number of hydrogen-bond donors (Lipinski definition) is 1. The van der Waals surface area contributed by atoms with Crippen LogP contribution in [0, 0.1) is 0 Å². The largest absolute Gasteiger partial charge is 0.494 e. The number of piperazine rings is 1. The van der Waals surface area contributed by atoms with Gasteiger partial charge in [0, 0.05) is 69.3 Å². The predicted octanol–water partition coefficient (Wildman–Crippen LogP) is 3.75. The summed E-state index contributed by atoms with van der Waals surface area (Å²) in [6.45, 7) is 9.57. The van der Waals surface area contributed by atoms with Crippen LogP contribution in [0.5, 0.6) is 5.75 Å². The number of rotatable bonds is 9. The van der Waals surface area contributed by atoms with Crippen molar-refractivity contribution in [1.29, 1.82) is 0 Å². The van der Waals surface area contributed by atoms with Crippen LogP contribution >= 0.6 is 0 Å². The monoisotopic (exact) mass is 596 g/mol. The van der Waals surface area contributed by atoms with Crippen LogP contribution in [0.25, 0.3) is 0 Å². The van der Waals surface area contributed by atoms with Crippen LogP contribution in [0.3, 0.4) is 0 Å². The number of nitrogens with one attached hydrogen (secondary N) is 1. The third-order valence-corrected chi connectivity index (χ3v) is 8.74. The summed E-state index contributed by atoms with van der Waals surface area (Å²) >= 11 is 0. The van der Waals surface area contributed by atoms with E-state index in [1.807, 2.05) is 35.2 Å². The SMILES string of the molecule is C=CC(=O)N1CC[C@H](N2C(=O)N(CCc3ccccc3)Cc3cnc(Nc4ccc(N5CCN(C)CC5)cc4OC)nc32)C1. The number of hydrogen-bond acceptors (Lipinski definition) is 8. The van der Waals surface area contributed by atoms with Gasteiger partial charge in [0.25, 0.3) is 0 Å². The first-order valence-electron chi connectivity index (χ1n) is 15.2. The highest BCUT2D eigenvalue weighted by Gasteiger charge is 2.40. The molecule has 4 heterocycles. The van der Waals surface area contributed by atoms with Gasteiger partial charge in [-0.15, -0.1) is 0 Å². The van der Waals surface area contributed by atoms with Gasteiger partial charge in [-0.3, -0.25) is 9.69 Å². The minimum Gasteiger partial charge on any atom is -0.494 e. The lowest BCUT2D eigenvalue weighted by Crippen LogP contribution is -2.53. The molecule has 2 saturated heterocycles. The van der Waals surface area contributed by atoms with Gasteiger partial charge in [0.05, 0.1) is 25.4 Å². The lowest BCUT2D eigenvalue weighted by molar-refractivity contribution is -0.125. The van der Waals surface area contributed by atoms with Crippen LogP contribution in [-0.4, -0.2) is 103 Å². The van der Waals surface area contributed by atoms with Crippen molar-refractivity contribution < 1.29 is 14.3 Å². The number of likely N-dealkylation sites (tertiary alicyclic amines) is 1. The van der Waals surface area contributed by atoms with Crippen LogP contribution in [0.2, 0.25) is 0 Å². The van der Waals surface area contributed by atoms with Crippen LogP contribution in [0.1, 0.15) is 17.5 Å². The van der Waals surface area contributed by atoms with Gasteiger partial charge < -0.3 is 29.7 Å². The maximum Gasteiger partial charge on any atom is 0.326 e. The van der Waals surface area contributed by atoms with E-state index in [1.165, 1.54) is 11.6 Å². The Morgan fingerprint density at radius 2 is 1.91 bits per heavy atom. The molecule has 1 aromatic heterocycles. The molecule has 0 radical (unpaired) electrons. The van der Waals surface area contributed by atoms with Crippen molar-refractivity contribution in [1.82, 2.24) is 24.7 Å². The third-order valence-electron chi connectivity index (χ3n) is 8.74. The zero-order valence-electron chi connectivity index (χ0n) is 25.5. The Morgan fingerprint density at radius 3 is 2.66 bits per heavy atom. The summed E-state index contributed by atoms with van der Waals surface area (Å²) in [6.07, 6.45) is 4.52. The average molecular weight is 597 g/mol. The highest BCUT2D eigenvalue weighted by Crippen LogP contribution is 2.35. The fourth-order valence-corrected chi connectivity index (χ4v) is 6.15. The number of ether oxygens (including phenoxy) is 1. The number of likely N-dealkylation sites (N-methyl/N-ethyl adjacent to an activating group) is 1. The Hall–Kier alpha value is -4.64. The van der Waals surface area contributed by atoms with Crippen molar-refractivity contribution in [2.45, 2.75) is 25.4 Å². The van der Waals surface area contributed by atoms with Gasteiger partial charge in [0.1, 0.15) is 11.6 Å². The Morgan fingerprint density at radius 1 is 1.11 bits per heavy atom. The fraction of sp³-hybridized carbons (Fsp3) is 0.394. The number of carbonyl (C=O) groups excluding carboxylic acids is 2. The van der Waals surface area contributed by atoms with E-state index < -0.39 is 0 Å². The van der Waals surface area contributed by atoms with Gasteiger partial charge in [-0.1, -0.05) is 36.9 Å². The minimum absolute atomic E-state index is 0.106. The van der Waals surface area contributed by atoms with E-state index in [9.17, 15) is 9.59 Å². The van der Waals surface area contributed by atoms with Crippen LogP contribution in [-0.2, 0) is 17.8 Å². The minimum atomic E-state index is -0.204. The zero-order chi connectivity index (χ0) is 30.6. The van der Waals surface area contributed by atoms with Gasteiger partial charge in [-0.25, -0.2) is 9.78 Å². The standard InChI is InChI=1S/C33H40N8O3/c1-4-30(42)39-15-13-27(23-39)41-31-25(22-40(33(41)43)14-12-24-8-6-5-7-9-24)21-34-32(36-31)35-28-11-10-26(20-29(28)44-3)38-18-16-37(2)17-19-38/h4-11,20-21,27H,1,12-19,22-23H2,2-3H3,(H,34,35,36)/t27-/m0/s1. The van der Waals surface area contributed by atoms with E-state index in [1.54, 1.807) is 23.1 Å². The van der Waals surface area contributed by atoms with Crippen LogP contribution in [0.15, 0.2) is 67.4 Å². The quantitative estimate of drug-likeness (QED) is 0.373. The molecular formula is C33H40N8O3. The number of urea groups is 1. The fourth-order valence-electron chi connectivity index (χ4n) is 6.15. The maximum atomic E-state index is 14.0. The first-order valence-corrected chi connectivity index (χ1v) is 15.2. The number of amides is 3. The molecule has 3 aliphatic rings. The molecule has 2 aromatic carbocycles. The van der Waals surface area contributed by atoms with E-state index in [2.05, 4.69) is 51.9 Å². The van der Waals surface area contributed by atoms with E-state index in [0.717, 1.165) is 49.5 Å².